The van der Waals surface area contributed by atoms with E-state index in [1.807, 2.05) is 25.5 Å². The van der Waals surface area contributed by atoms with E-state index in [-0.39, 0.29) is 11.9 Å². The van der Waals surface area contributed by atoms with Crippen molar-refractivity contribution in [2.45, 2.75) is 59.1 Å². The van der Waals surface area contributed by atoms with Crippen molar-refractivity contribution in [3.63, 3.8) is 0 Å². The zero-order valence-corrected chi connectivity index (χ0v) is 15.7. The van der Waals surface area contributed by atoms with Crippen LogP contribution in [0, 0.1) is 20.8 Å². The minimum Gasteiger partial charge on any atom is -0.388 e. The summed E-state index contributed by atoms with van der Waals surface area (Å²) in [6.45, 7) is 10.2. The second kappa shape index (κ2) is 6.30. The van der Waals surface area contributed by atoms with Crippen LogP contribution in [0.1, 0.15) is 53.9 Å². The van der Waals surface area contributed by atoms with Gasteiger partial charge in [0.25, 0.3) is 5.91 Å². The lowest BCUT2D eigenvalue weighted by atomic mass is 9.96. The fraction of sp³-hybridized carbons (Fsp3) is 0.500. The summed E-state index contributed by atoms with van der Waals surface area (Å²) in [5.41, 5.74) is 3.81. The molecular formula is C20H27N3O2. The van der Waals surface area contributed by atoms with Crippen molar-refractivity contribution in [3.8, 4) is 5.69 Å². The summed E-state index contributed by atoms with van der Waals surface area (Å²) in [4.78, 5) is 14.9. The highest BCUT2D eigenvalue weighted by atomic mass is 16.3. The van der Waals surface area contributed by atoms with Gasteiger partial charge in [0.05, 0.1) is 34.8 Å². The number of carbonyl (C=O) groups is 1. The van der Waals surface area contributed by atoms with Crippen LogP contribution >= 0.6 is 0 Å². The maximum atomic E-state index is 13.1. The summed E-state index contributed by atoms with van der Waals surface area (Å²) in [5.74, 6) is -0.0429. The van der Waals surface area contributed by atoms with Gasteiger partial charge in [-0.2, -0.15) is 5.10 Å². The van der Waals surface area contributed by atoms with E-state index in [1.54, 1.807) is 24.9 Å². The van der Waals surface area contributed by atoms with Gasteiger partial charge in [-0.15, -0.1) is 0 Å². The molecule has 1 aliphatic heterocycles. The molecular weight excluding hydrogens is 314 g/mol. The van der Waals surface area contributed by atoms with Crippen LogP contribution in [0.25, 0.3) is 5.69 Å². The van der Waals surface area contributed by atoms with Crippen LogP contribution in [0.2, 0.25) is 0 Å². The van der Waals surface area contributed by atoms with Crippen LogP contribution < -0.4 is 0 Å². The highest BCUT2D eigenvalue weighted by Gasteiger charge is 2.39. The molecule has 1 saturated heterocycles. The molecule has 3 rings (SSSR count). The zero-order chi connectivity index (χ0) is 18.4. The number of likely N-dealkylation sites (tertiary alicyclic amines) is 1. The summed E-state index contributed by atoms with van der Waals surface area (Å²) in [5, 5.41) is 14.9. The van der Waals surface area contributed by atoms with Gasteiger partial charge in [0.15, 0.2) is 0 Å². The highest BCUT2D eigenvalue weighted by Crippen LogP contribution is 2.29. The monoisotopic (exact) mass is 341 g/mol. The SMILES string of the molecule is Cc1ccc(C)c(-n2ncc(C(=O)N3CCCC3C(C)(C)O)c2C)c1. The van der Waals surface area contributed by atoms with E-state index in [0.717, 1.165) is 35.3 Å². The number of aliphatic hydroxyl groups is 1. The van der Waals surface area contributed by atoms with Gasteiger partial charge in [0, 0.05) is 6.54 Å². The number of benzene rings is 1. The number of rotatable bonds is 3. The lowest BCUT2D eigenvalue weighted by molar-refractivity contribution is 0.000301. The van der Waals surface area contributed by atoms with E-state index in [1.165, 1.54) is 0 Å². The Balaban J connectivity index is 1.96. The van der Waals surface area contributed by atoms with Gasteiger partial charge in [-0.3, -0.25) is 4.79 Å². The van der Waals surface area contributed by atoms with Gasteiger partial charge in [0.1, 0.15) is 0 Å². The Labute approximate surface area is 149 Å². The maximum Gasteiger partial charge on any atom is 0.257 e. The molecule has 1 unspecified atom stereocenters. The number of hydrogen-bond donors (Lipinski definition) is 1. The van der Waals surface area contributed by atoms with Crippen LogP contribution in [0.15, 0.2) is 24.4 Å². The Kier molecular flexibility index (Phi) is 4.45. The van der Waals surface area contributed by atoms with Crippen molar-refractivity contribution in [1.82, 2.24) is 14.7 Å². The Bertz CT molecular complexity index is 802. The molecule has 1 fully saturated rings. The first-order chi connectivity index (χ1) is 11.7. The van der Waals surface area contributed by atoms with Crippen LogP contribution in [-0.2, 0) is 0 Å². The predicted octanol–water partition coefficient (Wildman–Crippen LogP) is 3.17. The quantitative estimate of drug-likeness (QED) is 0.933. The van der Waals surface area contributed by atoms with Crippen LogP contribution in [0.4, 0.5) is 0 Å². The molecule has 1 aromatic heterocycles. The minimum absolute atomic E-state index is 0.0429. The van der Waals surface area contributed by atoms with Crippen LogP contribution in [-0.4, -0.2) is 43.9 Å². The molecule has 0 bridgehead atoms. The highest BCUT2D eigenvalue weighted by molar-refractivity contribution is 5.95. The first-order valence-corrected chi connectivity index (χ1v) is 8.85. The predicted molar refractivity (Wildman–Crippen MR) is 98.1 cm³/mol. The van der Waals surface area contributed by atoms with Crippen molar-refractivity contribution >= 4 is 5.91 Å². The van der Waals surface area contributed by atoms with Gasteiger partial charge in [-0.05, 0) is 64.7 Å². The van der Waals surface area contributed by atoms with E-state index < -0.39 is 5.60 Å². The summed E-state index contributed by atoms with van der Waals surface area (Å²) >= 11 is 0. The van der Waals surface area contributed by atoms with E-state index in [9.17, 15) is 9.90 Å². The summed E-state index contributed by atoms with van der Waals surface area (Å²) in [7, 11) is 0. The second-order valence-corrected chi connectivity index (χ2v) is 7.66. The molecule has 0 spiro atoms. The van der Waals surface area contributed by atoms with Gasteiger partial charge < -0.3 is 10.0 Å². The van der Waals surface area contributed by atoms with E-state index in [2.05, 4.69) is 23.3 Å². The number of nitrogens with zero attached hydrogens (tertiary/aromatic N) is 3. The maximum absolute atomic E-state index is 13.1. The third-order valence-corrected chi connectivity index (χ3v) is 5.16. The molecule has 5 heteroatoms. The zero-order valence-electron chi connectivity index (χ0n) is 15.7. The molecule has 0 aliphatic carbocycles. The number of aryl methyl sites for hydroxylation is 2. The normalized spacial score (nSPS) is 18.0. The molecule has 1 aliphatic rings. The molecule has 0 saturated carbocycles. The number of aromatic nitrogens is 2. The average molecular weight is 341 g/mol. The van der Waals surface area contributed by atoms with Gasteiger partial charge in [0.2, 0.25) is 0 Å². The molecule has 1 N–H and O–H groups in total. The summed E-state index contributed by atoms with van der Waals surface area (Å²) < 4.78 is 1.84. The fourth-order valence-corrected chi connectivity index (χ4v) is 3.71. The average Bonchev–Trinajstić information content (AvgIpc) is 3.16. The molecule has 2 aromatic rings. The molecule has 2 heterocycles. The van der Waals surface area contributed by atoms with Crippen molar-refractivity contribution in [2.24, 2.45) is 0 Å². The Hall–Kier alpha value is -2.14. The molecule has 134 valence electrons. The Morgan fingerprint density at radius 1 is 1.28 bits per heavy atom. The summed E-state index contributed by atoms with van der Waals surface area (Å²) in [6.07, 6.45) is 3.41. The standard InChI is InChI=1S/C20H27N3O2/c1-13-8-9-14(2)17(11-13)23-15(3)16(12-21-23)19(24)22-10-6-7-18(22)20(4,5)25/h8-9,11-12,18,25H,6-7,10H2,1-5H3. The van der Waals surface area contributed by atoms with Crippen molar-refractivity contribution in [1.29, 1.82) is 0 Å². The molecule has 5 nitrogen and oxygen atoms in total. The van der Waals surface area contributed by atoms with Crippen molar-refractivity contribution in [3.05, 3.63) is 46.8 Å². The lowest BCUT2D eigenvalue weighted by Gasteiger charge is -2.33. The van der Waals surface area contributed by atoms with Crippen molar-refractivity contribution < 1.29 is 9.90 Å². The first kappa shape index (κ1) is 17.7. The smallest absolute Gasteiger partial charge is 0.257 e. The van der Waals surface area contributed by atoms with E-state index >= 15 is 0 Å². The fourth-order valence-electron chi connectivity index (χ4n) is 3.71. The Morgan fingerprint density at radius 3 is 2.68 bits per heavy atom. The first-order valence-electron chi connectivity index (χ1n) is 8.85. The van der Waals surface area contributed by atoms with E-state index in [4.69, 9.17) is 0 Å². The topological polar surface area (TPSA) is 58.4 Å². The molecule has 1 amide bonds. The Morgan fingerprint density at radius 2 is 2.00 bits per heavy atom. The van der Waals surface area contributed by atoms with Gasteiger partial charge in [-0.25, -0.2) is 4.68 Å². The third kappa shape index (κ3) is 3.21. The molecule has 1 atom stereocenters. The van der Waals surface area contributed by atoms with Gasteiger partial charge >= 0.3 is 0 Å². The lowest BCUT2D eigenvalue weighted by Crippen LogP contribution is -2.48. The number of carbonyl (C=O) groups excluding carboxylic acids is 1. The summed E-state index contributed by atoms with van der Waals surface area (Å²) in [6, 6.07) is 6.07. The number of amides is 1. The largest absolute Gasteiger partial charge is 0.388 e. The molecule has 1 aromatic carbocycles. The van der Waals surface area contributed by atoms with E-state index in [0.29, 0.717) is 12.1 Å². The molecule has 25 heavy (non-hydrogen) atoms. The van der Waals surface area contributed by atoms with Crippen LogP contribution in [0.3, 0.4) is 0 Å². The third-order valence-electron chi connectivity index (χ3n) is 5.16. The van der Waals surface area contributed by atoms with Crippen molar-refractivity contribution in [2.75, 3.05) is 6.54 Å². The van der Waals surface area contributed by atoms with Gasteiger partial charge in [-0.1, -0.05) is 12.1 Å². The second-order valence-electron chi connectivity index (χ2n) is 7.66. The number of hydrogen-bond acceptors (Lipinski definition) is 3. The molecule has 0 radical (unpaired) electrons. The minimum atomic E-state index is -0.900. The van der Waals surface area contributed by atoms with Crippen LogP contribution in [0.5, 0.6) is 0 Å².